The molecule has 3 aromatic carbocycles. The van der Waals surface area contributed by atoms with Crippen LogP contribution in [0.4, 0.5) is 11.4 Å². The summed E-state index contributed by atoms with van der Waals surface area (Å²) in [5.41, 5.74) is 1.86. The molecule has 0 aliphatic carbocycles. The minimum Gasteiger partial charge on any atom is -0.507 e. The Hall–Kier alpha value is -4.26. The first-order valence-electron chi connectivity index (χ1n) is 9.56. The fourth-order valence-corrected chi connectivity index (χ4v) is 3.68. The van der Waals surface area contributed by atoms with Crippen LogP contribution in [0, 0.1) is 17.0 Å². The van der Waals surface area contributed by atoms with Crippen LogP contribution in [-0.4, -0.2) is 21.7 Å². The zero-order valence-electron chi connectivity index (χ0n) is 16.6. The highest BCUT2D eigenvalue weighted by Crippen LogP contribution is 2.42. The number of ketones is 1. The Balaban J connectivity index is 1.97. The van der Waals surface area contributed by atoms with Crippen molar-refractivity contribution < 1.29 is 19.6 Å². The monoisotopic (exact) mass is 414 g/mol. The maximum Gasteiger partial charge on any atom is 0.300 e. The molecule has 7 heteroatoms. The maximum absolute atomic E-state index is 13.0. The predicted octanol–water partition coefficient (Wildman–Crippen LogP) is 4.53. The van der Waals surface area contributed by atoms with Crippen LogP contribution in [0.5, 0.6) is 0 Å². The number of Topliss-reactive ketones (excluding diaryl/α,β-unsaturated/α-hetero) is 1. The number of carbonyl (C=O) groups excluding carboxylic acids is 2. The Labute approximate surface area is 178 Å². The topological polar surface area (TPSA) is 101 Å². The van der Waals surface area contributed by atoms with Gasteiger partial charge in [-0.1, -0.05) is 60.2 Å². The Morgan fingerprint density at radius 3 is 2.29 bits per heavy atom. The second kappa shape index (κ2) is 7.87. The number of anilines is 1. The van der Waals surface area contributed by atoms with Crippen LogP contribution in [-0.2, 0) is 9.59 Å². The van der Waals surface area contributed by atoms with Crippen molar-refractivity contribution in [2.24, 2.45) is 0 Å². The zero-order valence-corrected chi connectivity index (χ0v) is 16.6. The summed E-state index contributed by atoms with van der Waals surface area (Å²) < 4.78 is 0. The number of amides is 1. The van der Waals surface area contributed by atoms with Gasteiger partial charge < -0.3 is 5.11 Å². The number of aliphatic hydroxyl groups is 1. The molecule has 0 bridgehead atoms. The van der Waals surface area contributed by atoms with E-state index in [1.54, 1.807) is 60.7 Å². The van der Waals surface area contributed by atoms with Gasteiger partial charge in [-0.25, -0.2) is 0 Å². The normalized spacial score (nSPS) is 17.7. The van der Waals surface area contributed by atoms with Gasteiger partial charge in [-0.2, -0.15) is 0 Å². The Morgan fingerprint density at radius 2 is 1.65 bits per heavy atom. The summed E-state index contributed by atoms with van der Waals surface area (Å²) in [5, 5.41) is 22.3. The number of non-ortho nitro benzene ring substituents is 1. The van der Waals surface area contributed by atoms with Crippen molar-refractivity contribution in [3.63, 3.8) is 0 Å². The highest BCUT2D eigenvalue weighted by Gasteiger charge is 2.47. The molecule has 3 aromatic rings. The van der Waals surface area contributed by atoms with Gasteiger partial charge in [-0.3, -0.25) is 24.6 Å². The summed E-state index contributed by atoms with van der Waals surface area (Å²) in [6.07, 6.45) is 0. The highest BCUT2D eigenvalue weighted by molar-refractivity contribution is 6.51. The van der Waals surface area contributed by atoms with Crippen molar-refractivity contribution in [2.75, 3.05) is 4.90 Å². The molecule has 1 fully saturated rings. The van der Waals surface area contributed by atoms with E-state index in [9.17, 15) is 24.8 Å². The third-order valence-electron chi connectivity index (χ3n) is 5.20. The van der Waals surface area contributed by atoms with Crippen LogP contribution >= 0.6 is 0 Å². The molecule has 154 valence electrons. The van der Waals surface area contributed by atoms with E-state index < -0.39 is 22.7 Å². The van der Waals surface area contributed by atoms with E-state index >= 15 is 0 Å². The van der Waals surface area contributed by atoms with Crippen molar-refractivity contribution in [1.29, 1.82) is 0 Å². The summed E-state index contributed by atoms with van der Waals surface area (Å²) in [5.74, 6) is -1.98. The Morgan fingerprint density at radius 1 is 0.968 bits per heavy atom. The van der Waals surface area contributed by atoms with Gasteiger partial charge in [-0.05, 0) is 24.6 Å². The van der Waals surface area contributed by atoms with E-state index in [0.29, 0.717) is 16.8 Å². The van der Waals surface area contributed by atoms with Gasteiger partial charge in [0.1, 0.15) is 5.76 Å². The highest BCUT2D eigenvalue weighted by atomic mass is 16.6. The summed E-state index contributed by atoms with van der Waals surface area (Å²) in [6.45, 7) is 1.89. The smallest absolute Gasteiger partial charge is 0.300 e. The molecule has 31 heavy (non-hydrogen) atoms. The third kappa shape index (κ3) is 3.57. The summed E-state index contributed by atoms with van der Waals surface area (Å²) >= 11 is 0. The average molecular weight is 414 g/mol. The van der Waals surface area contributed by atoms with E-state index in [4.69, 9.17) is 0 Å². The van der Waals surface area contributed by atoms with E-state index in [0.717, 1.165) is 5.56 Å². The molecule has 4 rings (SSSR count). The summed E-state index contributed by atoms with van der Waals surface area (Å²) in [4.78, 5) is 38.1. The number of nitrogens with zero attached hydrogens (tertiary/aromatic N) is 2. The lowest BCUT2D eigenvalue weighted by molar-refractivity contribution is -0.384. The van der Waals surface area contributed by atoms with E-state index in [1.807, 2.05) is 6.92 Å². The quantitative estimate of drug-likeness (QED) is 0.222. The second-order valence-corrected chi connectivity index (χ2v) is 7.22. The van der Waals surface area contributed by atoms with Crippen molar-refractivity contribution in [3.05, 3.63) is 111 Å². The molecule has 0 spiro atoms. The van der Waals surface area contributed by atoms with Crippen molar-refractivity contribution >= 4 is 28.8 Å². The molecule has 1 heterocycles. The zero-order chi connectivity index (χ0) is 22.1. The van der Waals surface area contributed by atoms with Crippen LogP contribution in [0.1, 0.15) is 22.7 Å². The molecule has 1 aliphatic rings. The number of nitro benzene ring substituents is 1. The molecule has 0 aromatic heterocycles. The molecular weight excluding hydrogens is 396 g/mol. The van der Waals surface area contributed by atoms with E-state index in [-0.39, 0.29) is 17.0 Å². The van der Waals surface area contributed by atoms with Gasteiger partial charge in [0.05, 0.1) is 16.5 Å². The van der Waals surface area contributed by atoms with Gasteiger partial charge in [0, 0.05) is 23.4 Å². The number of nitro groups is 1. The molecule has 1 aliphatic heterocycles. The Bertz CT molecular complexity index is 1220. The molecule has 1 amide bonds. The molecule has 1 atom stereocenters. The summed E-state index contributed by atoms with van der Waals surface area (Å²) in [6, 6.07) is 20.2. The minimum atomic E-state index is -1.01. The second-order valence-electron chi connectivity index (χ2n) is 7.22. The molecule has 1 saturated heterocycles. The molecule has 1 N–H and O–H groups in total. The first-order chi connectivity index (χ1) is 14.9. The molecular formula is C24H18N2O5. The van der Waals surface area contributed by atoms with E-state index in [1.165, 1.54) is 23.1 Å². The fraction of sp³-hybridized carbons (Fsp3) is 0.0833. The number of hydrogen-bond acceptors (Lipinski definition) is 5. The Kier molecular flexibility index (Phi) is 5.09. The number of aliphatic hydroxyl groups excluding tert-OH is 1. The van der Waals surface area contributed by atoms with Gasteiger partial charge >= 0.3 is 0 Å². The van der Waals surface area contributed by atoms with Gasteiger partial charge in [0.25, 0.3) is 17.4 Å². The van der Waals surface area contributed by atoms with Gasteiger partial charge in [-0.15, -0.1) is 0 Å². The lowest BCUT2D eigenvalue weighted by Crippen LogP contribution is -2.29. The first kappa shape index (κ1) is 20.0. The standard InChI is InChI=1S/C24H18N2O5/c1-15-10-12-18(13-11-15)25-21(17-8-5-9-19(14-17)26(30)31)20(23(28)24(25)29)22(27)16-6-3-2-4-7-16/h2-14,21,27H,1H3. The fourth-order valence-electron chi connectivity index (χ4n) is 3.68. The lowest BCUT2D eigenvalue weighted by Gasteiger charge is -2.25. The number of rotatable bonds is 4. The molecule has 0 radical (unpaired) electrons. The van der Waals surface area contributed by atoms with Crippen molar-refractivity contribution in [2.45, 2.75) is 13.0 Å². The molecule has 1 unspecified atom stereocenters. The maximum atomic E-state index is 13.0. The minimum absolute atomic E-state index is 0.114. The van der Waals surface area contributed by atoms with E-state index in [2.05, 4.69) is 0 Å². The van der Waals surface area contributed by atoms with Crippen LogP contribution < -0.4 is 4.90 Å². The lowest BCUT2D eigenvalue weighted by atomic mass is 9.95. The largest absolute Gasteiger partial charge is 0.507 e. The number of carbonyl (C=O) groups is 2. The predicted molar refractivity (Wildman–Crippen MR) is 116 cm³/mol. The van der Waals surface area contributed by atoms with Crippen LogP contribution in [0.2, 0.25) is 0 Å². The number of benzene rings is 3. The van der Waals surface area contributed by atoms with Crippen LogP contribution in [0.15, 0.2) is 84.4 Å². The van der Waals surface area contributed by atoms with Gasteiger partial charge in [0.2, 0.25) is 0 Å². The van der Waals surface area contributed by atoms with Crippen molar-refractivity contribution in [1.82, 2.24) is 0 Å². The molecule has 0 saturated carbocycles. The van der Waals surface area contributed by atoms with Crippen LogP contribution in [0.25, 0.3) is 5.76 Å². The number of aryl methyl sites for hydroxylation is 1. The first-order valence-corrected chi connectivity index (χ1v) is 9.56. The molecule has 7 nitrogen and oxygen atoms in total. The van der Waals surface area contributed by atoms with Crippen LogP contribution in [0.3, 0.4) is 0 Å². The summed E-state index contributed by atoms with van der Waals surface area (Å²) in [7, 11) is 0. The SMILES string of the molecule is Cc1ccc(N2C(=O)C(=O)C(=C(O)c3ccccc3)C2c2cccc([N+](=O)[O-])c2)cc1. The average Bonchev–Trinajstić information content (AvgIpc) is 3.05. The van der Waals surface area contributed by atoms with Gasteiger partial charge in [0.15, 0.2) is 0 Å². The number of hydrogen-bond donors (Lipinski definition) is 1. The third-order valence-corrected chi connectivity index (χ3v) is 5.20. The van der Waals surface area contributed by atoms with Crippen molar-refractivity contribution in [3.8, 4) is 0 Å².